The SMILES string of the molecule is Cc1nc(Cl)nc2c1cnn2C1CCC(=O)CC1. The Balaban J connectivity index is 2.04. The molecule has 0 bridgehead atoms. The molecule has 94 valence electrons. The third-order valence-corrected chi connectivity index (χ3v) is 3.64. The van der Waals surface area contributed by atoms with E-state index in [9.17, 15) is 4.79 Å². The zero-order valence-electron chi connectivity index (χ0n) is 10.1. The maximum atomic E-state index is 11.3. The van der Waals surface area contributed by atoms with Crippen LogP contribution in [0.1, 0.15) is 37.4 Å². The van der Waals surface area contributed by atoms with Crippen LogP contribution in [0.4, 0.5) is 0 Å². The number of nitrogens with zero attached hydrogens (tertiary/aromatic N) is 4. The van der Waals surface area contributed by atoms with Gasteiger partial charge in [-0.1, -0.05) is 0 Å². The summed E-state index contributed by atoms with van der Waals surface area (Å²) in [6.45, 7) is 1.90. The zero-order valence-corrected chi connectivity index (χ0v) is 10.8. The van der Waals surface area contributed by atoms with Gasteiger partial charge in [0.2, 0.25) is 5.28 Å². The van der Waals surface area contributed by atoms with Crippen LogP contribution >= 0.6 is 11.6 Å². The normalized spacial score (nSPS) is 17.6. The van der Waals surface area contributed by atoms with Gasteiger partial charge in [0, 0.05) is 12.8 Å². The van der Waals surface area contributed by atoms with E-state index in [1.807, 2.05) is 11.6 Å². The Kier molecular flexibility index (Phi) is 2.78. The number of fused-ring (bicyclic) bond motifs is 1. The first-order valence-corrected chi connectivity index (χ1v) is 6.42. The van der Waals surface area contributed by atoms with Gasteiger partial charge in [0.15, 0.2) is 5.65 Å². The molecule has 6 heteroatoms. The van der Waals surface area contributed by atoms with Gasteiger partial charge in [-0.25, -0.2) is 9.67 Å². The molecular weight excluding hydrogens is 252 g/mol. The fourth-order valence-corrected chi connectivity index (χ4v) is 2.68. The molecule has 2 aromatic rings. The fourth-order valence-electron chi connectivity index (χ4n) is 2.47. The predicted molar refractivity (Wildman–Crippen MR) is 67.6 cm³/mol. The molecule has 0 spiro atoms. The standard InChI is InChI=1S/C12H13ClN4O/c1-7-10-6-14-17(11(10)16-12(13)15-7)8-2-4-9(18)5-3-8/h6,8H,2-5H2,1H3. The molecule has 1 aliphatic carbocycles. The minimum atomic E-state index is 0.241. The number of halogens is 1. The summed E-state index contributed by atoms with van der Waals surface area (Å²) in [4.78, 5) is 19.7. The first-order valence-electron chi connectivity index (χ1n) is 6.04. The summed E-state index contributed by atoms with van der Waals surface area (Å²) < 4.78 is 1.89. The lowest BCUT2D eigenvalue weighted by atomic mass is 9.94. The van der Waals surface area contributed by atoms with Gasteiger partial charge >= 0.3 is 0 Å². The zero-order chi connectivity index (χ0) is 12.7. The van der Waals surface area contributed by atoms with Crippen molar-refractivity contribution in [1.82, 2.24) is 19.7 Å². The largest absolute Gasteiger partial charge is 0.300 e. The molecule has 1 aliphatic rings. The molecule has 0 aliphatic heterocycles. The summed E-state index contributed by atoms with van der Waals surface area (Å²) in [5, 5.41) is 5.56. The lowest BCUT2D eigenvalue weighted by Crippen LogP contribution is -2.19. The lowest BCUT2D eigenvalue weighted by Gasteiger charge is -2.21. The van der Waals surface area contributed by atoms with Crippen LogP contribution in [-0.4, -0.2) is 25.5 Å². The number of aryl methyl sites for hydroxylation is 1. The van der Waals surface area contributed by atoms with Crippen molar-refractivity contribution in [3.63, 3.8) is 0 Å². The van der Waals surface area contributed by atoms with E-state index < -0.39 is 0 Å². The molecule has 0 radical (unpaired) electrons. The first-order chi connectivity index (χ1) is 8.65. The second kappa shape index (κ2) is 4.31. The molecule has 2 heterocycles. The summed E-state index contributed by atoms with van der Waals surface area (Å²) in [6.07, 6.45) is 4.69. The first kappa shape index (κ1) is 11.6. The van der Waals surface area contributed by atoms with Crippen LogP contribution in [-0.2, 0) is 4.79 Å². The summed E-state index contributed by atoms with van der Waals surface area (Å²) in [7, 11) is 0. The Morgan fingerprint density at radius 1 is 1.33 bits per heavy atom. The number of rotatable bonds is 1. The quantitative estimate of drug-likeness (QED) is 0.743. The van der Waals surface area contributed by atoms with Crippen molar-refractivity contribution < 1.29 is 4.79 Å². The number of hydrogen-bond acceptors (Lipinski definition) is 4. The van der Waals surface area contributed by atoms with E-state index in [-0.39, 0.29) is 11.3 Å². The van der Waals surface area contributed by atoms with Crippen LogP contribution < -0.4 is 0 Å². The Bertz CT molecular complexity index is 612. The van der Waals surface area contributed by atoms with Gasteiger partial charge in [0.05, 0.1) is 23.3 Å². The molecule has 0 saturated heterocycles. The Hall–Kier alpha value is -1.49. The van der Waals surface area contributed by atoms with Gasteiger partial charge in [-0.15, -0.1) is 0 Å². The van der Waals surface area contributed by atoms with Crippen molar-refractivity contribution in [2.45, 2.75) is 38.6 Å². The summed E-state index contributed by atoms with van der Waals surface area (Å²) in [5.74, 6) is 0.339. The van der Waals surface area contributed by atoms with Crippen molar-refractivity contribution in [2.24, 2.45) is 0 Å². The number of hydrogen-bond donors (Lipinski definition) is 0. The smallest absolute Gasteiger partial charge is 0.224 e. The number of carbonyl (C=O) groups is 1. The van der Waals surface area contributed by atoms with E-state index in [0.29, 0.717) is 18.6 Å². The molecule has 0 N–H and O–H groups in total. The van der Waals surface area contributed by atoms with Crippen molar-refractivity contribution in [3.05, 3.63) is 17.2 Å². The van der Waals surface area contributed by atoms with E-state index in [2.05, 4.69) is 15.1 Å². The van der Waals surface area contributed by atoms with Gasteiger partial charge in [-0.3, -0.25) is 4.79 Å². The van der Waals surface area contributed by atoms with Gasteiger partial charge in [0.1, 0.15) is 5.78 Å². The maximum absolute atomic E-state index is 11.3. The van der Waals surface area contributed by atoms with Crippen LogP contribution in [0.15, 0.2) is 6.20 Å². The molecule has 0 amide bonds. The third-order valence-electron chi connectivity index (χ3n) is 3.48. The lowest BCUT2D eigenvalue weighted by molar-refractivity contribution is -0.120. The highest BCUT2D eigenvalue weighted by Gasteiger charge is 2.23. The number of carbonyl (C=O) groups excluding carboxylic acids is 1. The van der Waals surface area contributed by atoms with Crippen LogP contribution in [0.3, 0.4) is 0 Å². The minimum Gasteiger partial charge on any atom is -0.300 e. The topological polar surface area (TPSA) is 60.7 Å². The molecule has 1 fully saturated rings. The van der Waals surface area contributed by atoms with Crippen LogP contribution in [0, 0.1) is 6.92 Å². The predicted octanol–water partition coefficient (Wildman–Crippen LogP) is 2.47. The van der Waals surface area contributed by atoms with Crippen molar-refractivity contribution in [3.8, 4) is 0 Å². The molecular formula is C12H13ClN4O. The number of Topliss-reactive ketones (excluding diaryl/α,β-unsaturated/α-hetero) is 1. The van der Waals surface area contributed by atoms with E-state index in [4.69, 9.17) is 11.6 Å². The minimum absolute atomic E-state index is 0.241. The average Bonchev–Trinajstić information content (AvgIpc) is 2.74. The number of ketones is 1. The monoisotopic (exact) mass is 264 g/mol. The Morgan fingerprint density at radius 3 is 2.78 bits per heavy atom. The van der Waals surface area contributed by atoms with Crippen molar-refractivity contribution in [2.75, 3.05) is 0 Å². The molecule has 1 saturated carbocycles. The molecule has 0 atom stereocenters. The van der Waals surface area contributed by atoms with E-state index in [1.165, 1.54) is 0 Å². The van der Waals surface area contributed by atoms with Crippen molar-refractivity contribution in [1.29, 1.82) is 0 Å². The maximum Gasteiger partial charge on any atom is 0.224 e. The summed E-state index contributed by atoms with van der Waals surface area (Å²) >= 11 is 5.90. The van der Waals surface area contributed by atoms with Gasteiger partial charge in [0.25, 0.3) is 0 Å². The highest BCUT2D eigenvalue weighted by atomic mass is 35.5. The molecule has 18 heavy (non-hydrogen) atoms. The molecule has 2 aromatic heterocycles. The van der Waals surface area contributed by atoms with Gasteiger partial charge in [-0.2, -0.15) is 10.1 Å². The highest BCUT2D eigenvalue weighted by Crippen LogP contribution is 2.29. The van der Waals surface area contributed by atoms with E-state index in [1.54, 1.807) is 6.20 Å². The van der Waals surface area contributed by atoms with Crippen molar-refractivity contribution >= 4 is 28.4 Å². The van der Waals surface area contributed by atoms with Crippen LogP contribution in [0.25, 0.3) is 11.0 Å². The van der Waals surface area contributed by atoms with E-state index >= 15 is 0 Å². The van der Waals surface area contributed by atoms with E-state index in [0.717, 1.165) is 29.6 Å². The Morgan fingerprint density at radius 2 is 2.06 bits per heavy atom. The van der Waals surface area contributed by atoms with Crippen LogP contribution in [0.2, 0.25) is 5.28 Å². The summed E-state index contributed by atoms with van der Waals surface area (Å²) in [6, 6.07) is 0.241. The summed E-state index contributed by atoms with van der Waals surface area (Å²) in [5.41, 5.74) is 1.61. The second-order valence-corrected chi connectivity index (χ2v) is 5.01. The molecule has 3 rings (SSSR count). The number of aromatic nitrogens is 4. The highest BCUT2D eigenvalue weighted by molar-refractivity contribution is 6.28. The van der Waals surface area contributed by atoms with Gasteiger partial charge in [-0.05, 0) is 31.4 Å². The molecule has 0 aromatic carbocycles. The molecule has 0 unspecified atom stereocenters. The van der Waals surface area contributed by atoms with Gasteiger partial charge < -0.3 is 0 Å². The van der Waals surface area contributed by atoms with Crippen LogP contribution in [0.5, 0.6) is 0 Å². The molecule has 5 nitrogen and oxygen atoms in total. The third kappa shape index (κ3) is 1.88. The fraction of sp³-hybridized carbons (Fsp3) is 0.500. The second-order valence-electron chi connectivity index (χ2n) is 4.67. The Labute approximate surface area is 109 Å². The average molecular weight is 265 g/mol.